The zero-order chi connectivity index (χ0) is 25.0. The van der Waals surface area contributed by atoms with Crippen LogP contribution in [-0.2, 0) is 15.1 Å². The molecule has 176 valence electrons. The predicted octanol–water partition coefficient (Wildman–Crippen LogP) is 4.42. The minimum atomic E-state index is -1.45. The lowest BCUT2D eigenvalue weighted by Crippen LogP contribution is -2.42. The second-order valence-corrected chi connectivity index (χ2v) is 7.88. The first-order valence-corrected chi connectivity index (χ1v) is 10.5. The summed E-state index contributed by atoms with van der Waals surface area (Å²) in [5.41, 5.74) is 0.526. The molecule has 1 saturated heterocycles. The molecule has 0 aliphatic carbocycles. The van der Waals surface area contributed by atoms with E-state index in [0.717, 1.165) is 4.90 Å². The molecule has 0 saturated carbocycles. The normalized spacial score (nSPS) is 17.5. The van der Waals surface area contributed by atoms with Crippen LogP contribution < -0.4 is 10.6 Å². The highest BCUT2D eigenvalue weighted by molar-refractivity contribution is 6.10. The van der Waals surface area contributed by atoms with Gasteiger partial charge in [-0.25, -0.2) is 4.79 Å². The Morgan fingerprint density at radius 2 is 1.57 bits per heavy atom. The fourth-order valence-corrected chi connectivity index (χ4v) is 3.52. The number of carbonyl (C=O) groups excluding carboxylic acids is 3. The molecule has 3 aromatic carbocycles. The van der Waals surface area contributed by atoms with E-state index in [-0.39, 0.29) is 5.69 Å². The summed E-state index contributed by atoms with van der Waals surface area (Å²) in [4.78, 5) is 49.1. The van der Waals surface area contributed by atoms with Gasteiger partial charge in [-0.15, -0.1) is 0 Å². The molecule has 11 nitrogen and oxygen atoms in total. The van der Waals surface area contributed by atoms with E-state index in [9.17, 15) is 24.5 Å². The molecule has 35 heavy (non-hydrogen) atoms. The van der Waals surface area contributed by atoms with Crippen LogP contribution in [0, 0.1) is 10.1 Å². The number of anilines is 1. The number of non-ortho nitro benzene ring substituents is 1. The van der Waals surface area contributed by atoms with Gasteiger partial charge in [0, 0.05) is 17.8 Å². The Morgan fingerprint density at radius 1 is 0.971 bits per heavy atom. The number of amides is 4. The Bertz CT molecular complexity index is 1310. The van der Waals surface area contributed by atoms with Crippen molar-refractivity contribution in [3.63, 3.8) is 0 Å². The number of imide groups is 1. The molecule has 3 aromatic rings. The molecule has 0 bridgehead atoms. The Morgan fingerprint density at radius 3 is 2.17 bits per heavy atom. The first-order valence-electron chi connectivity index (χ1n) is 10.5. The molecular weight excluding hydrogens is 452 g/mol. The fraction of sp³-hybridized carbons (Fsp3) is 0.125. The van der Waals surface area contributed by atoms with Crippen LogP contribution in [0.5, 0.6) is 0 Å². The summed E-state index contributed by atoms with van der Waals surface area (Å²) in [5.74, 6) is -1.21. The van der Waals surface area contributed by atoms with E-state index < -0.39 is 34.9 Å². The largest absolute Gasteiger partial charge is 0.325 e. The van der Waals surface area contributed by atoms with E-state index in [1.54, 1.807) is 24.3 Å². The molecule has 2 N–H and O–H groups in total. The van der Waals surface area contributed by atoms with Crippen LogP contribution in [0.15, 0.2) is 89.1 Å². The maximum atomic E-state index is 13.0. The van der Waals surface area contributed by atoms with Gasteiger partial charge in [-0.3, -0.25) is 24.6 Å². The van der Waals surface area contributed by atoms with Gasteiger partial charge < -0.3 is 10.6 Å². The molecule has 0 aromatic heterocycles. The van der Waals surface area contributed by atoms with Crippen molar-refractivity contribution in [2.75, 3.05) is 11.9 Å². The van der Waals surface area contributed by atoms with Gasteiger partial charge in [-0.1, -0.05) is 18.2 Å². The van der Waals surface area contributed by atoms with Crippen molar-refractivity contribution >= 4 is 40.6 Å². The summed E-state index contributed by atoms with van der Waals surface area (Å²) in [5, 5.41) is 24.3. The molecule has 11 heteroatoms. The number of nitro groups is 1. The summed E-state index contributed by atoms with van der Waals surface area (Å²) in [7, 11) is 0. The molecule has 1 fully saturated rings. The van der Waals surface area contributed by atoms with Crippen LogP contribution in [-0.4, -0.2) is 34.2 Å². The Hall–Kier alpha value is -4.93. The molecular formula is C24H20N6O5. The van der Waals surface area contributed by atoms with Gasteiger partial charge in [0.1, 0.15) is 12.1 Å². The Balaban J connectivity index is 1.39. The lowest BCUT2D eigenvalue weighted by atomic mass is 9.92. The number of hydrogen-bond acceptors (Lipinski definition) is 7. The number of azo groups is 1. The monoisotopic (exact) mass is 472 g/mol. The van der Waals surface area contributed by atoms with Gasteiger partial charge in [-0.2, -0.15) is 10.2 Å². The summed E-state index contributed by atoms with van der Waals surface area (Å²) in [6, 6.07) is 20.4. The maximum Gasteiger partial charge on any atom is 0.325 e. The van der Waals surface area contributed by atoms with Gasteiger partial charge in [-0.05, 0) is 61.0 Å². The number of urea groups is 1. The Kier molecular flexibility index (Phi) is 6.32. The second-order valence-electron chi connectivity index (χ2n) is 7.88. The van der Waals surface area contributed by atoms with Gasteiger partial charge in [0.15, 0.2) is 0 Å². The van der Waals surface area contributed by atoms with E-state index in [2.05, 4.69) is 20.9 Å². The lowest BCUT2D eigenvalue weighted by Gasteiger charge is -2.22. The third-order valence-corrected chi connectivity index (χ3v) is 5.42. The van der Waals surface area contributed by atoms with E-state index in [1.807, 2.05) is 30.3 Å². The third-order valence-electron chi connectivity index (χ3n) is 5.42. The predicted molar refractivity (Wildman–Crippen MR) is 126 cm³/mol. The van der Waals surface area contributed by atoms with Crippen molar-refractivity contribution in [1.82, 2.24) is 10.2 Å². The van der Waals surface area contributed by atoms with Crippen LogP contribution in [0.25, 0.3) is 0 Å². The Labute approximate surface area is 199 Å². The van der Waals surface area contributed by atoms with E-state index in [0.29, 0.717) is 22.6 Å². The molecule has 1 atom stereocenters. The van der Waals surface area contributed by atoms with E-state index in [4.69, 9.17) is 0 Å². The standard InChI is InChI=1S/C24H20N6O5/c1-24(16-7-13-20(14-8-16)30(34)35)22(32)29(23(33)26-24)15-21(31)25-17-9-11-19(12-10-17)28-27-18-5-3-2-4-6-18/h2-14H,15H2,1H3,(H,25,31)(H,26,33). The molecule has 1 heterocycles. The number of nitro benzene ring substituents is 1. The molecule has 4 amide bonds. The van der Waals surface area contributed by atoms with Crippen LogP contribution in [0.4, 0.5) is 27.5 Å². The van der Waals surface area contributed by atoms with E-state index >= 15 is 0 Å². The molecule has 0 radical (unpaired) electrons. The SMILES string of the molecule is CC1(c2ccc([N+](=O)[O-])cc2)NC(=O)N(CC(=O)Nc2ccc(N=Nc3ccccc3)cc2)C1=O. The summed E-state index contributed by atoms with van der Waals surface area (Å²) < 4.78 is 0. The van der Waals surface area contributed by atoms with Crippen molar-refractivity contribution in [3.8, 4) is 0 Å². The van der Waals surface area contributed by atoms with Crippen molar-refractivity contribution in [2.24, 2.45) is 10.2 Å². The first-order chi connectivity index (χ1) is 16.8. The number of nitrogens with zero attached hydrogens (tertiary/aromatic N) is 4. The summed E-state index contributed by atoms with van der Waals surface area (Å²) >= 11 is 0. The van der Waals surface area contributed by atoms with Crippen molar-refractivity contribution in [1.29, 1.82) is 0 Å². The van der Waals surface area contributed by atoms with Crippen LogP contribution in [0.3, 0.4) is 0 Å². The van der Waals surface area contributed by atoms with Gasteiger partial charge in [0.2, 0.25) is 5.91 Å². The van der Waals surface area contributed by atoms with E-state index in [1.165, 1.54) is 31.2 Å². The highest BCUT2D eigenvalue weighted by atomic mass is 16.6. The number of rotatable bonds is 7. The highest BCUT2D eigenvalue weighted by Crippen LogP contribution is 2.30. The molecule has 0 spiro atoms. The van der Waals surface area contributed by atoms with Gasteiger partial charge in [0.05, 0.1) is 16.3 Å². The quantitative estimate of drug-likeness (QED) is 0.226. The average molecular weight is 472 g/mol. The maximum absolute atomic E-state index is 13.0. The smallest absolute Gasteiger partial charge is 0.325 e. The third kappa shape index (κ3) is 5.03. The van der Waals surface area contributed by atoms with Crippen molar-refractivity contribution in [3.05, 3.63) is 94.5 Å². The number of nitrogens with one attached hydrogen (secondary N) is 2. The molecule has 1 aliphatic rings. The summed E-state index contributed by atoms with van der Waals surface area (Å²) in [6.07, 6.45) is 0. The second kappa shape index (κ2) is 9.51. The minimum absolute atomic E-state index is 0.141. The van der Waals surface area contributed by atoms with Crippen molar-refractivity contribution < 1.29 is 19.3 Å². The average Bonchev–Trinajstić information content (AvgIpc) is 3.08. The topological polar surface area (TPSA) is 146 Å². The zero-order valence-corrected chi connectivity index (χ0v) is 18.5. The molecule has 1 unspecified atom stereocenters. The first kappa shape index (κ1) is 23.2. The van der Waals surface area contributed by atoms with Crippen LogP contribution in [0.2, 0.25) is 0 Å². The van der Waals surface area contributed by atoms with Crippen LogP contribution >= 0.6 is 0 Å². The van der Waals surface area contributed by atoms with Crippen molar-refractivity contribution in [2.45, 2.75) is 12.5 Å². The summed E-state index contributed by atoms with van der Waals surface area (Å²) in [6.45, 7) is 0.984. The number of carbonyl (C=O) groups is 3. The fourth-order valence-electron chi connectivity index (χ4n) is 3.52. The highest BCUT2D eigenvalue weighted by Gasteiger charge is 2.49. The minimum Gasteiger partial charge on any atom is -0.325 e. The lowest BCUT2D eigenvalue weighted by molar-refractivity contribution is -0.384. The van der Waals surface area contributed by atoms with Gasteiger partial charge >= 0.3 is 6.03 Å². The number of hydrogen-bond donors (Lipinski definition) is 2. The van der Waals surface area contributed by atoms with Gasteiger partial charge in [0.25, 0.3) is 11.6 Å². The zero-order valence-electron chi connectivity index (χ0n) is 18.5. The van der Waals surface area contributed by atoms with Crippen LogP contribution in [0.1, 0.15) is 12.5 Å². The molecule has 4 rings (SSSR count). The number of benzene rings is 3. The molecule has 1 aliphatic heterocycles.